The van der Waals surface area contributed by atoms with Crippen molar-refractivity contribution in [1.29, 1.82) is 0 Å². The molecule has 0 bridgehead atoms. The Morgan fingerprint density at radius 1 is 1.31 bits per heavy atom. The number of carbonyl (C=O) groups excluding carboxylic acids is 1. The standard InChI is InChI=1S/C17H20Cl2N4O2S/c1-25-13-5-2-4-12(10-13)11-14-20-17(26-21-14)23-7-3-6-22(8-9-23)16(24)15(18)19/h2,4-5,10,15H,3,6-9,11H2,1H3. The number of amides is 1. The molecular formula is C17H20Cl2N4O2S. The lowest BCUT2D eigenvalue weighted by molar-refractivity contribution is -0.129. The molecule has 1 aromatic heterocycles. The van der Waals surface area contributed by atoms with Crippen molar-refractivity contribution in [3.63, 3.8) is 0 Å². The molecule has 1 aliphatic heterocycles. The van der Waals surface area contributed by atoms with Crippen LogP contribution in [0.3, 0.4) is 0 Å². The van der Waals surface area contributed by atoms with Crippen LogP contribution in [0.4, 0.5) is 5.13 Å². The molecule has 9 heteroatoms. The minimum atomic E-state index is -1.00. The number of methoxy groups -OCH3 is 1. The molecule has 1 fully saturated rings. The number of carbonyl (C=O) groups is 1. The molecule has 0 spiro atoms. The predicted octanol–water partition coefficient (Wildman–Crippen LogP) is 2.98. The quantitative estimate of drug-likeness (QED) is 0.703. The van der Waals surface area contributed by atoms with Crippen molar-refractivity contribution in [1.82, 2.24) is 14.3 Å². The number of alkyl halides is 2. The first kappa shape index (κ1) is 19.2. The first-order chi connectivity index (χ1) is 12.6. The normalized spacial score (nSPS) is 15.2. The average Bonchev–Trinajstić information content (AvgIpc) is 2.96. The zero-order valence-corrected chi connectivity index (χ0v) is 16.7. The minimum Gasteiger partial charge on any atom is -0.497 e. The van der Waals surface area contributed by atoms with Gasteiger partial charge in [-0.2, -0.15) is 4.37 Å². The molecule has 0 saturated carbocycles. The van der Waals surface area contributed by atoms with Crippen molar-refractivity contribution in [2.45, 2.75) is 17.7 Å². The van der Waals surface area contributed by atoms with E-state index in [4.69, 9.17) is 27.9 Å². The molecule has 0 atom stereocenters. The van der Waals surface area contributed by atoms with E-state index in [-0.39, 0.29) is 5.91 Å². The van der Waals surface area contributed by atoms with Crippen molar-refractivity contribution in [3.05, 3.63) is 35.7 Å². The Kier molecular flexibility index (Phi) is 6.56. The highest BCUT2D eigenvalue weighted by atomic mass is 35.5. The van der Waals surface area contributed by atoms with Crippen LogP contribution in [-0.2, 0) is 11.2 Å². The Bertz CT molecular complexity index is 756. The molecule has 0 unspecified atom stereocenters. The number of aromatic nitrogens is 2. The number of ether oxygens (including phenoxy) is 1. The van der Waals surface area contributed by atoms with E-state index in [9.17, 15) is 4.79 Å². The highest BCUT2D eigenvalue weighted by Gasteiger charge is 2.24. The van der Waals surface area contributed by atoms with Gasteiger partial charge in [0.15, 0.2) is 4.84 Å². The fourth-order valence-corrected chi connectivity index (χ4v) is 3.89. The van der Waals surface area contributed by atoms with Crippen LogP contribution in [0, 0.1) is 0 Å². The van der Waals surface area contributed by atoms with Gasteiger partial charge in [0.1, 0.15) is 11.6 Å². The van der Waals surface area contributed by atoms with Crippen LogP contribution >= 0.6 is 34.7 Å². The number of hydrogen-bond acceptors (Lipinski definition) is 6. The fraction of sp³-hybridized carbons (Fsp3) is 0.471. The van der Waals surface area contributed by atoms with Crippen LogP contribution in [0.5, 0.6) is 5.75 Å². The minimum absolute atomic E-state index is 0.230. The predicted molar refractivity (Wildman–Crippen MR) is 105 cm³/mol. The van der Waals surface area contributed by atoms with E-state index in [1.165, 1.54) is 11.5 Å². The average molecular weight is 415 g/mol. The molecule has 140 valence electrons. The van der Waals surface area contributed by atoms with Gasteiger partial charge in [0, 0.05) is 44.1 Å². The molecule has 1 saturated heterocycles. The van der Waals surface area contributed by atoms with Gasteiger partial charge >= 0.3 is 0 Å². The molecule has 1 aromatic carbocycles. The highest BCUT2D eigenvalue weighted by Crippen LogP contribution is 2.22. The van der Waals surface area contributed by atoms with Gasteiger partial charge in [-0.25, -0.2) is 4.98 Å². The van der Waals surface area contributed by atoms with E-state index < -0.39 is 4.84 Å². The Balaban J connectivity index is 1.63. The summed E-state index contributed by atoms with van der Waals surface area (Å²) in [4.78, 5) is 19.5. The molecule has 0 aliphatic carbocycles. The van der Waals surface area contributed by atoms with E-state index in [1.807, 2.05) is 24.3 Å². The third-order valence-electron chi connectivity index (χ3n) is 4.22. The summed E-state index contributed by atoms with van der Waals surface area (Å²) >= 11 is 12.8. The number of nitrogens with zero attached hydrogens (tertiary/aromatic N) is 4. The van der Waals surface area contributed by atoms with Gasteiger partial charge in [-0.05, 0) is 24.1 Å². The molecular weight excluding hydrogens is 395 g/mol. The zero-order chi connectivity index (χ0) is 18.5. The first-order valence-corrected chi connectivity index (χ1v) is 9.99. The van der Waals surface area contributed by atoms with Gasteiger partial charge in [0.05, 0.1) is 7.11 Å². The number of anilines is 1. The van der Waals surface area contributed by atoms with Crippen molar-refractivity contribution >= 4 is 45.8 Å². The number of hydrogen-bond donors (Lipinski definition) is 0. The summed E-state index contributed by atoms with van der Waals surface area (Å²) in [5.41, 5.74) is 1.11. The van der Waals surface area contributed by atoms with Gasteiger partial charge in [-0.15, -0.1) is 0 Å². The number of halogens is 2. The second kappa shape index (κ2) is 8.88. The Labute approximate surface area is 166 Å². The van der Waals surface area contributed by atoms with Crippen LogP contribution in [-0.4, -0.2) is 58.3 Å². The molecule has 3 rings (SSSR count). The first-order valence-electron chi connectivity index (χ1n) is 8.34. The molecule has 1 amide bonds. The monoisotopic (exact) mass is 414 g/mol. The maximum Gasteiger partial charge on any atom is 0.255 e. The van der Waals surface area contributed by atoms with Crippen LogP contribution in [0.1, 0.15) is 17.8 Å². The Morgan fingerprint density at radius 3 is 2.92 bits per heavy atom. The lowest BCUT2D eigenvalue weighted by Gasteiger charge is -2.21. The summed E-state index contributed by atoms with van der Waals surface area (Å²) in [5.74, 6) is 1.38. The maximum absolute atomic E-state index is 12.0. The van der Waals surface area contributed by atoms with Gasteiger partial charge in [0.2, 0.25) is 5.13 Å². The molecule has 2 aromatic rings. The third-order valence-corrected chi connectivity index (χ3v) is 5.41. The van der Waals surface area contributed by atoms with Gasteiger partial charge in [0.25, 0.3) is 5.91 Å². The lowest BCUT2D eigenvalue weighted by atomic mass is 10.1. The molecule has 0 N–H and O–H groups in total. The molecule has 26 heavy (non-hydrogen) atoms. The smallest absolute Gasteiger partial charge is 0.255 e. The summed E-state index contributed by atoms with van der Waals surface area (Å²) < 4.78 is 9.74. The second-order valence-corrected chi connectivity index (χ2v) is 7.81. The van der Waals surface area contributed by atoms with Crippen LogP contribution in [0.2, 0.25) is 0 Å². The van der Waals surface area contributed by atoms with Gasteiger partial charge in [-0.3, -0.25) is 4.79 Å². The van der Waals surface area contributed by atoms with Crippen molar-refractivity contribution < 1.29 is 9.53 Å². The van der Waals surface area contributed by atoms with E-state index >= 15 is 0 Å². The molecule has 0 radical (unpaired) electrons. The Morgan fingerprint density at radius 2 is 2.15 bits per heavy atom. The Hall–Kier alpha value is -1.57. The number of benzene rings is 1. The van der Waals surface area contributed by atoms with Crippen LogP contribution in [0.15, 0.2) is 24.3 Å². The second-order valence-electron chi connectivity index (χ2n) is 5.99. The lowest BCUT2D eigenvalue weighted by Crippen LogP contribution is -2.38. The molecule has 6 nitrogen and oxygen atoms in total. The van der Waals surface area contributed by atoms with E-state index in [0.717, 1.165) is 35.2 Å². The largest absolute Gasteiger partial charge is 0.497 e. The van der Waals surface area contributed by atoms with Gasteiger partial charge in [-0.1, -0.05) is 35.3 Å². The maximum atomic E-state index is 12.0. The van der Waals surface area contributed by atoms with E-state index in [1.54, 1.807) is 12.0 Å². The van der Waals surface area contributed by atoms with Crippen molar-refractivity contribution in [2.24, 2.45) is 0 Å². The zero-order valence-electron chi connectivity index (χ0n) is 14.4. The topological polar surface area (TPSA) is 58.6 Å². The molecule has 2 heterocycles. The van der Waals surface area contributed by atoms with Crippen LogP contribution < -0.4 is 9.64 Å². The SMILES string of the molecule is COc1cccc(Cc2nsc(N3CCCN(C(=O)C(Cl)Cl)CC3)n2)c1. The molecule has 1 aliphatic rings. The summed E-state index contributed by atoms with van der Waals surface area (Å²) in [6.45, 7) is 2.76. The third kappa shape index (κ3) is 4.78. The number of rotatable bonds is 5. The summed E-state index contributed by atoms with van der Waals surface area (Å²) in [6.07, 6.45) is 1.50. The van der Waals surface area contributed by atoms with Crippen LogP contribution in [0.25, 0.3) is 0 Å². The fourth-order valence-electron chi connectivity index (χ4n) is 2.88. The highest BCUT2D eigenvalue weighted by molar-refractivity contribution is 7.09. The summed E-state index contributed by atoms with van der Waals surface area (Å²) in [6, 6.07) is 7.90. The van der Waals surface area contributed by atoms with Gasteiger partial charge < -0.3 is 14.5 Å². The van der Waals surface area contributed by atoms with Crippen molar-refractivity contribution in [3.8, 4) is 5.75 Å². The van der Waals surface area contributed by atoms with E-state index in [2.05, 4.69) is 14.3 Å². The van der Waals surface area contributed by atoms with E-state index in [0.29, 0.717) is 26.1 Å². The van der Waals surface area contributed by atoms with Crippen molar-refractivity contribution in [2.75, 3.05) is 38.2 Å². The summed E-state index contributed by atoms with van der Waals surface area (Å²) in [5, 5.41) is 0.880. The summed E-state index contributed by atoms with van der Waals surface area (Å²) in [7, 11) is 1.66.